The third-order valence-electron chi connectivity index (χ3n) is 22.5. The van der Waals surface area contributed by atoms with Crippen LogP contribution in [0.25, 0.3) is 22.1 Å². The predicted molar refractivity (Wildman–Crippen MR) is 457 cm³/mol. The van der Waals surface area contributed by atoms with Crippen LogP contribution in [0.15, 0.2) is 84.9 Å². The summed E-state index contributed by atoms with van der Waals surface area (Å²) in [6.45, 7) is 15.1. The number of carbonyl (C=O) groups excluding carboxylic acids is 8. The molecule has 0 spiro atoms. The van der Waals surface area contributed by atoms with Gasteiger partial charge in [-0.1, -0.05) is 111 Å². The molecule has 4 heterocycles. The number of esters is 2. The number of hydrogen-bond acceptors (Lipinski definition) is 26. The van der Waals surface area contributed by atoms with E-state index >= 15 is 0 Å². The number of benzene rings is 4. The number of nitrogens with zero attached hydrogens (tertiary/aromatic N) is 6. The second-order valence-corrected chi connectivity index (χ2v) is 32.1. The Kier molecular flexibility index (Phi) is 39.0. The molecule has 33 heteroatoms. The number of amides is 5. The van der Waals surface area contributed by atoms with Gasteiger partial charge in [-0.3, -0.25) is 69.4 Å². The Morgan fingerprint density at radius 3 is 1.43 bits per heavy atom. The van der Waals surface area contributed by atoms with Gasteiger partial charge >= 0.3 is 11.9 Å². The number of anilines is 2. The second-order valence-electron chi connectivity index (χ2n) is 32.1. The van der Waals surface area contributed by atoms with Gasteiger partial charge in [-0.25, -0.2) is 9.97 Å². The minimum absolute atomic E-state index is 0.0200. The first kappa shape index (κ1) is 96.4. The number of fused-ring (bicyclic) bond motifs is 4. The molecule has 0 fully saturated rings. The van der Waals surface area contributed by atoms with Crippen molar-refractivity contribution in [2.75, 3.05) is 65.1 Å². The molecule has 8 rings (SSSR count). The highest BCUT2D eigenvalue weighted by Crippen LogP contribution is 2.32. The van der Waals surface area contributed by atoms with E-state index in [1.54, 1.807) is 70.1 Å². The number of aliphatic hydroxyl groups is 6. The normalized spacial score (nSPS) is 18.4. The van der Waals surface area contributed by atoms with Gasteiger partial charge < -0.3 is 86.5 Å². The lowest BCUT2D eigenvalue weighted by Crippen LogP contribution is -2.59. The molecule has 0 saturated carbocycles. The van der Waals surface area contributed by atoms with Crippen LogP contribution in [-0.2, 0) is 64.4 Å². The number of aliphatic hydroxyl groups excluding tert-OH is 6. The fourth-order valence-electron chi connectivity index (χ4n) is 15.8. The van der Waals surface area contributed by atoms with Crippen molar-refractivity contribution in [1.29, 1.82) is 0 Å². The van der Waals surface area contributed by atoms with E-state index in [1.807, 2.05) is 97.0 Å². The molecule has 4 unspecified atom stereocenters. The topological polar surface area (TPSA) is 455 Å². The minimum Gasteiger partial charge on any atom is -0.469 e. The van der Waals surface area contributed by atoms with E-state index in [9.17, 15) is 69.0 Å². The molecular weight excluding hydrogens is 1540 g/mol. The summed E-state index contributed by atoms with van der Waals surface area (Å²) in [7, 11) is 5.93. The fourth-order valence-corrected chi connectivity index (χ4v) is 15.8. The first-order chi connectivity index (χ1) is 57.6. The number of para-hydroxylation sites is 4. The summed E-state index contributed by atoms with van der Waals surface area (Å²) in [5.74, 6) is -2.77. The van der Waals surface area contributed by atoms with Crippen LogP contribution < -0.4 is 47.9 Å². The number of imidazole rings is 2. The SMILES string of the molecule is CCCC(C)C(=O)C[C@@H](CCC)[C@H](O)NC(CC[C@H](O)NC(CCC)C(=O)N[C@@H](CCC)[C@H](O)NCCCN1Cc2cc(C(=O)N(C)Cc3nc4ccccc4[nH]3)ccc2N[C@@H](CC(=O)OC)[C@@H]1O)C(=O)N[C@@H](CCC)[C@H](O)NC(CCC)C(=O)NCCCN1Cc2cc(C(=O)N(C)Cc3nc4ccccc4[nH]3)ccc2N[C@@H](CC(=O)OC)[C@H]1O. The summed E-state index contributed by atoms with van der Waals surface area (Å²) in [4.78, 5) is 133. The number of nitrogens with one attached hydrogen (secondary N) is 11. The molecular formula is C87H133N17O16. The summed E-state index contributed by atoms with van der Waals surface area (Å²) in [6, 6.07) is 19.1. The molecule has 0 bridgehead atoms. The van der Waals surface area contributed by atoms with Crippen LogP contribution in [-0.4, -0.2) is 252 Å². The molecule has 4 aromatic carbocycles. The van der Waals surface area contributed by atoms with Crippen LogP contribution in [0, 0.1) is 11.8 Å². The van der Waals surface area contributed by atoms with E-state index < -0.39 is 115 Å². The summed E-state index contributed by atoms with van der Waals surface area (Å²) >= 11 is 0. The molecule has 2 aromatic heterocycles. The lowest BCUT2D eigenvalue weighted by molar-refractivity contribution is -0.143. The summed E-state index contributed by atoms with van der Waals surface area (Å²) in [5, 5.41) is 99.3. The van der Waals surface area contributed by atoms with Crippen molar-refractivity contribution in [3.63, 3.8) is 0 Å². The maximum Gasteiger partial charge on any atom is 0.307 e. The van der Waals surface area contributed by atoms with E-state index in [0.717, 1.165) is 28.5 Å². The zero-order chi connectivity index (χ0) is 87.1. The van der Waals surface area contributed by atoms with Crippen molar-refractivity contribution >= 4 is 80.7 Å². The van der Waals surface area contributed by atoms with Gasteiger partial charge in [0.1, 0.15) is 54.8 Å². The van der Waals surface area contributed by atoms with Crippen LogP contribution >= 0.6 is 0 Å². The Balaban J connectivity index is 0.881. The van der Waals surface area contributed by atoms with E-state index in [-0.39, 0.29) is 121 Å². The van der Waals surface area contributed by atoms with E-state index in [2.05, 4.69) is 67.8 Å². The van der Waals surface area contributed by atoms with Gasteiger partial charge in [0, 0.05) is 87.6 Å². The molecule has 0 saturated heterocycles. The first-order valence-corrected chi connectivity index (χ1v) is 42.9. The smallest absolute Gasteiger partial charge is 0.307 e. The van der Waals surface area contributed by atoms with Crippen molar-refractivity contribution in [2.45, 2.75) is 276 Å². The standard InChI is InChI=1S/C87H133N17O16/c1-12-24-53(7)72(105)46-54(25-13-2)78(109)97-69(83(114)100-68(29-17-6)82(113)99-66(27-15-4)80(111)89-41-23-43-104-50-58-45-56(35-37-60(58)91-71(87(104)118)48-77(108)120-11)85(116)102(9)52-74-94-63-32-20-21-33-64(63)95-74)38-39-75(106)96-67(28-16-5)81(112)98-65(26-14-3)79(110)88-40-22-42-103-49-57-44-55(34-36-59(57)90-70(86(103)117)47-76(107)119-10)84(115)101(8)51-73-92-61-30-18-19-31-62(61)93-73/h18-21,30-37,44-45,53-54,65-71,75,78-79,82,86-88,90-91,96-97,99,106,109-110,113,117-118H,12-17,22-29,38-43,46-52H2,1-11H3,(H,89,111)(H,92,93)(H,94,95)(H,98,112)(H,100,114)/t53?,54-,65+,66?,67?,68+,69?,70+,71+,75+,78+,79+,82+,86+,87-/m1/s1. The predicted octanol–water partition coefficient (Wildman–Crippen LogP) is 6.04. The van der Waals surface area contributed by atoms with E-state index in [0.29, 0.717) is 116 Å². The monoisotopic (exact) mass is 1670 g/mol. The van der Waals surface area contributed by atoms with Gasteiger partial charge in [-0.2, -0.15) is 0 Å². The molecule has 662 valence electrons. The average molecular weight is 1670 g/mol. The Labute approximate surface area is 704 Å². The molecule has 33 nitrogen and oxygen atoms in total. The number of ether oxygens (including phenoxy) is 2. The number of aromatic nitrogens is 4. The van der Waals surface area contributed by atoms with Crippen molar-refractivity contribution in [1.82, 2.24) is 76.8 Å². The third-order valence-corrected chi connectivity index (χ3v) is 22.5. The molecule has 17 N–H and O–H groups in total. The highest BCUT2D eigenvalue weighted by atomic mass is 16.5. The number of aromatic amines is 2. The average Bonchev–Trinajstić information content (AvgIpc) is 1.66. The van der Waals surface area contributed by atoms with Crippen molar-refractivity contribution < 1.29 is 78.5 Å². The number of rotatable bonds is 51. The van der Waals surface area contributed by atoms with Gasteiger partial charge in [0.05, 0.1) is 105 Å². The van der Waals surface area contributed by atoms with E-state index in [1.165, 1.54) is 14.2 Å². The number of H-pyrrole nitrogens is 2. The molecule has 0 radical (unpaired) electrons. The highest BCUT2D eigenvalue weighted by molar-refractivity contribution is 5.96. The number of ketones is 1. The summed E-state index contributed by atoms with van der Waals surface area (Å²) in [5.41, 5.74) is 6.75. The highest BCUT2D eigenvalue weighted by Gasteiger charge is 2.38. The number of Topliss-reactive ketones (excluding diaryl/α,β-unsaturated/α-hetero) is 1. The van der Waals surface area contributed by atoms with Crippen LogP contribution in [0.2, 0.25) is 0 Å². The van der Waals surface area contributed by atoms with Gasteiger partial charge in [0.15, 0.2) is 0 Å². The van der Waals surface area contributed by atoms with Crippen molar-refractivity contribution in [2.24, 2.45) is 11.8 Å². The van der Waals surface area contributed by atoms with Crippen LogP contribution in [0.3, 0.4) is 0 Å². The van der Waals surface area contributed by atoms with Crippen LogP contribution in [0.1, 0.15) is 214 Å². The fraction of sp³-hybridized carbons (Fsp3) is 0.609. The minimum atomic E-state index is -1.47. The Morgan fingerprint density at radius 2 is 0.967 bits per heavy atom. The Morgan fingerprint density at radius 1 is 0.525 bits per heavy atom. The van der Waals surface area contributed by atoms with Gasteiger partial charge in [0.2, 0.25) is 17.7 Å². The van der Waals surface area contributed by atoms with E-state index in [4.69, 9.17) is 9.47 Å². The number of hydrogen-bond donors (Lipinski definition) is 17. The van der Waals surface area contributed by atoms with Gasteiger partial charge in [-0.05, 0) is 143 Å². The Hall–Kier alpha value is -9.10. The lowest BCUT2D eigenvalue weighted by Gasteiger charge is -2.32. The molecule has 6 aromatic rings. The molecule has 120 heavy (non-hydrogen) atoms. The van der Waals surface area contributed by atoms with Crippen LogP contribution in [0.4, 0.5) is 11.4 Å². The summed E-state index contributed by atoms with van der Waals surface area (Å²) < 4.78 is 9.99. The lowest BCUT2D eigenvalue weighted by atomic mass is 9.89. The second kappa shape index (κ2) is 48.5. The maximum absolute atomic E-state index is 14.9. The molecule has 2 aliphatic rings. The van der Waals surface area contributed by atoms with Crippen molar-refractivity contribution in [3.8, 4) is 0 Å². The van der Waals surface area contributed by atoms with Gasteiger partial charge in [-0.15, -0.1) is 0 Å². The molecule has 15 atom stereocenters. The van der Waals surface area contributed by atoms with Gasteiger partial charge in [0.25, 0.3) is 11.8 Å². The zero-order valence-electron chi connectivity index (χ0n) is 71.8. The zero-order valence-corrected chi connectivity index (χ0v) is 71.8. The quantitative estimate of drug-likeness (QED) is 0.0118. The largest absolute Gasteiger partial charge is 0.469 e. The number of methoxy groups -OCH3 is 2. The van der Waals surface area contributed by atoms with Crippen molar-refractivity contribution in [3.05, 3.63) is 119 Å². The first-order valence-electron chi connectivity index (χ1n) is 42.9. The third kappa shape index (κ3) is 28.2. The van der Waals surface area contributed by atoms with Crippen LogP contribution in [0.5, 0.6) is 0 Å². The number of carbonyl (C=O) groups is 8. The molecule has 0 aliphatic carbocycles. The summed E-state index contributed by atoms with van der Waals surface area (Å²) in [6.07, 6.45) is -1.82. The Bertz CT molecular complexity index is 4200. The maximum atomic E-state index is 14.9. The molecule has 2 aliphatic heterocycles. The molecule has 5 amide bonds.